The fourth-order valence-electron chi connectivity index (χ4n) is 3.86. The van der Waals surface area contributed by atoms with Crippen molar-refractivity contribution in [3.63, 3.8) is 0 Å². The van der Waals surface area contributed by atoms with Gasteiger partial charge in [0.25, 0.3) is 0 Å². The highest BCUT2D eigenvalue weighted by Gasteiger charge is 2.45. The number of benzene rings is 2. The molecule has 1 fully saturated rings. The van der Waals surface area contributed by atoms with E-state index in [0.717, 1.165) is 16.7 Å². The summed E-state index contributed by atoms with van der Waals surface area (Å²) >= 11 is 0. The normalized spacial score (nSPS) is 22.3. The second-order valence-corrected chi connectivity index (χ2v) is 12.7. The quantitative estimate of drug-likeness (QED) is 0.696. The zero-order chi connectivity index (χ0) is 22.1. The number of likely N-dealkylation sites (N-methyl/N-ethyl adjacent to an activating group) is 1. The molecule has 1 heterocycles. The van der Waals surface area contributed by atoms with Crippen molar-refractivity contribution < 1.29 is 16.8 Å². The number of rotatable bonds is 7. The van der Waals surface area contributed by atoms with E-state index in [1.807, 2.05) is 57.1 Å². The van der Waals surface area contributed by atoms with Gasteiger partial charge in [-0.1, -0.05) is 47.5 Å². The Morgan fingerprint density at radius 3 is 2.03 bits per heavy atom. The van der Waals surface area contributed by atoms with Crippen LogP contribution in [0.1, 0.15) is 22.7 Å². The minimum Gasteiger partial charge on any atom is -0.310 e. The highest BCUT2D eigenvalue weighted by atomic mass is 32.2. The molecule has 0 amide bonds. The van der Waals surface area contributed by atoms with E-state index < -0.39 is 31.0 Å². The molecule has 0 aromatic heterocycles. The molecule has 3 atom stereocenters. The average Bonchev–Trinajstić information content (AvgIpc) is 2.99. The van der Waals surface area contributed by atoms with Crippen LogP contribution >= 0.6 is 0 Å². The van der Waals surface area contributed by atoms with Gasteiger partial charge >= 0.3 is 0 Å². The molecule has 1 N–H and O–H groups in total. The average molecular weight is 451 g/mol. The maximum atomic E-state index is 13.2. The molecule has 8 heteroatoms. The molecule has 164 valence electrons. The highest BCUT2D eigenvalue weighted by Crippen LogP contribution is 2.27. The summed E-state index contributed by atoms with van der Waals surface area (Å²) in [5.41, 5.74) is 3.21. The standard InChI is InChI=1S/C22H30N2O4S2/c1-16-5-9-18(10-6-16)21(24(3)4)13-23-20-14-29(25,26)15-22(20)30(27,28)19-11-7-17(2)8-12-19/h5-12,20-23H,13-15H2,1-4H3/t20-,21?,22-/m1/s1. The summed E-state index contributed by atoms with van der Waals surface area (Å²) in [4.78, 5) is 2.22. The van der Waals surface area contributed by atoms with E-state index >= 15 is 0 Å². The summed E-state index contributed by atoms with van der Waals surface area (Å²) in [7, 11) is -3.29. The Hall–Kier alpha value is -1.74. The molecule has 3 rings (SSSR count). The van der Waals surface area contributed by atoms with Crippen LogP contribution < -0.4 is 5.32 Å². The molecule has 1 aliphatic heterocycles. The lowest BCUT2D eigenvalue weighted by atomic mass is 10.0. The topological polar surface area (TPSA) is 83.5 Å². The zero-order valence-electron chi connectivity index (χ0n) is 17.9. The van der Waals surface area contributed by atoms with Crippen LogP contribution in [0.4, 0.5) is 0 Å². The largest absolute Gasteiger partial charge is 0.310 e. The van der Waals surface area contributed by atoms with Crippen molar-refractivity contribution >= 4 is 19.7 Å². The van der Waals surface area contributed by atoms with Gasteiger partial charge in [-0.25, -0.2) is 16.8 Å². The van der Waals surface area contributed by atoms with Gasteiger partial charge in [-0.2, -0.15) is 0 Å². The summed E-state index contributed by atoms with van der Waals surface area (Å²) in [5.74, 6) is -0.519. The van der Waals surface area contributed by atoms with E-state index in [0.29, 0.717) is 6.54 Å². The van der Waals surface area contributed by atoms with Crippen LogP contribution in [0.5, 0.6) is 0 Å². The van der Waals surface area contributed by atoms with Gasteiger partial charge < -0.3 is 10.2 Å². The summed E-state index contributed by atoms with van der Waals surface area (Å²) in [5, 5.41) is 2.27. The van der Waals surface area contributed by atoms with Crippen molar-refractivity contribution in [3.05, 3.63) is 65.2 Å². The molecule has 2 aromatic carbocycles. The van der Waals surface area contributed by atoms with Crippen molar-refractivity contribution in [2.45, 2.75) is 36.1 Å². The summed E-state index contributed by atoms with van der Waals surface area (Å²) in [6, 6.07) is 14.1. The van der Waals surface area contributed by atoms with Crippen LogP contribution in [0.2, 0.25) is 0 Å². The molecule has 0 spiro atoms. The maximum Gasteiger partial charge on any atom is 0.183 e. The van der Waals surface area contributed by atoms with Crippen LogP contribution in [0.15, 0.2) is 53.4 Å². The Bertz CT molecular complexity index is 1080. The molecule has 0 radical (unpaired) electrons. The third kappa shape index (κ3) is 5.11. The first kappa shape index (κ1) is 22.9. The molecule has 1 aliphatic rings. The molecule has 1 saturated heterocycles. The smallest absolute Gasteiger partial charge is 0.183 e. The third-order valence-corrected chi connectivity index (χ3v) is 9.87. The lowest BCUT2D eigenvalue weighted by Gasteiger charge is -2.28. The van der Waals surface area contributed by atoms with Crippen molar-refractivity contribution in [2.24, 2.45) is 0 Å². The first-order chi connectivity index (χ1) is 14.0. The van der Waals surface area contributed by atoms with Gasteiger partial charge in [-0.3, -0.25) is 0 Å². The van der Waals surface area contributed by atoms with Gasteiger partial charge in [-0.15, -0.1) is 0 Å². The second kappa shape index (κ2) is 8.78. The Morgan fingerprint density at radius 1 is 0.967 bits per heavy atom. The van der Waals surface area contributed by atoms with E-state index in [1.54, 1.807) is 24.3 Å². The monoisotopic (exact) mass is 450 g/mol. The first-order valence-corrected chi connectivity index (χ1v) is 13.3. The van der Waals surface area contributed by atoms with Gasteiger partial charge in [0.05, 0.1) is 21.7 Å². The fourth-order valence-corrected chi connectivity index (χ4v) is 8.58. The summed E-state index contributed by atoms with van der Waals surface area (Å²) in [6.45, 7) is 4.36. The number of sulfone groups is 2. The summed E-state index contributed by atoms with van der Waals surface area (Å²) in [6.07, 6.45) is 0. The predicted molar refractivity (Wildman–Crippen MR) is 120 cm³/mol. The predicted octanol–water partition coefficient (Wildman–Crippen LogP) is 2.14. The summed E-state index contributed by atoms with van der Waals surface area (Å²) < 4.78 is 51.1. The molecular weight excluding hydrogens is 420 g/mol. The molecule has 0 saturated carbocycles. The van der Waals surface area contributed by atoms with Gasteiger partial charge in [0.2, 0.25) is 0 Å². The van der Waals surface area contributed by atoms with E-state index in [4.69, 9.17) is 0 Å². The van der Waals surface area contributed by atoms with Crippen LogP contribution in [-0.4, -0.2) is 65.2 Å². The van der Waals surface area contributed by atoms with Crippen LogP contribution in [-0.2, 0) is 19.7 Å². The molecule has 1 unspecified atom stereocenters. The Morgan fingerprint density at radius 2 is 1.50 bits per heavy atom. The van der Waals surface area contributed by atoms with Crippen LogP contribution in [0.3, 0.4) is 0 Å². The minimum absolute atomic E-state index is 0.00312. The van der Waals surface area contributed by atoms with Crippen molar-refractivity contribution in [1.82, 2.24) is 10.2 Å². The molecule has 6 nitrogen and oxygen atoms in total. The SMILES string of the molecule is Cc1ccc(C(CN[C@@H]2CS(=O)(=O)C[C@H]2S(=O)(=O)c2ccc(C)cc2)N(C)C)cc1. The van der Waals surface area contributed by atoms with Crippen molar-refractivity contribution in [2.75, 3.05) is 32.1 Å². The van der Waals surface area contributed by atoms with Gasteiger partial charge in [0.1, 0.15) is 0 Å². The number of nitrogens with one attached hydrogen (secondary N) is 1. The number of nitrogens with zero attached hydrogens (tertiary/aromatic N) is 1. The van der Waals surface area contributed by atoms with Gasteiger partial charge in [0.15, 0.2) is 19.7 Å². The number of hydrogen-bond acceptors (Lipinski definition) is 6. The van der Waals surface area contributed by atoms with E-state index in [2.05, 4.69) is 5.32 Å². The fraction of sp³-hybridized carbons (Fsp3) is 0.455. The second-order valence-electron chi connectivity index (χ2n) is 8.38. The van der Waals surface area contributed by atoms with E-state index in [1.165, 1.54) is 0 Å². The number of aryl methyl sites for hydroxylation is 2. The van der Waals surface area contributed by atoms with Crippen LogP contribution in [0, 0.1) is 13.8 Å². The number of hydrogen-bond donors (Lipinski definition) is 1. The Labute approximate surface area is 180 Å². The Kier molecular flexibility index (Phi) is 6.72. The zero-order valence-corrected chi connectivity index (χ0v) is 19.5. The van der Waals surface area contributed by atoms with Gasteiger partial charge in [0, 0.05) is 18.6 Å². The highest BCUT2D eigenvalue weighted by molar-refractivity contribution is 7.96. The molecule has 0 aliphatic carbocycles. The van der Waals surface area contributed by atoms with E-state index in [-0.39, 0.29) is 22.4 Å². The van der Waals surface area contributed by atoms with Crippen LogP contribution in [0.25, 0.3) is 0 Å². The molecule has 30 heavy (non-hydrogen) atoms. The van der Waals surface area contributed by atoms with Crippen molar-refractivity contribution in [1.29, 1.82) is 0 Å². The lowest BCUT2D eigenvalue weighted by molar-refractivity contribution is 0.282. The molecule has 0 bridgehead atoms. The lowest BCUT2D eigenvalue weighted by Crippen LogP contribution is -2.46. The van der Waals surface area contributed by atoms with Gasteiger partial charge in [-0.05, 0) is 45.6 Å². The maximum absolute atomic E-state index is 13.2. The van der Waals surface area contributed by atoms with Crippen molar-refractivity contribution in [3.8, 4) is 0 Å². The first-order valence-electron chi connectivity index (χ1n) is 9.97. The molecular formula is C22H30N2O4S2. The Balaban J connectivity index is 1.83. The minimum atomic E-state index is -3.77. The third-order valence-electron chi connectivity index (χ3n) is 5.71. The molecule has 2 aromatic rings. The van der Waals surface area contributed by atoms with E-state index in [9.17, 15) is 16.8 Å².